The minimum absolute atomic E-state index is 0.0190. The summed E-state index contributed by atoms with van der Waals surface area (Å²) in [6.45, 7) is 7.87. The number of nitrogens with one attached hydrogen (secondary N) is 2. The molecule has 0 saturated heterocycles. The van der Waals surface area contributed by atoms with Crippen LogP contribution in [0.2, 0.25) is 0 Å². The molecule has 0 fully saturated rings. The number of hydrogen-bond acceptors (Lipinski definition) is 4. The smallest absolute Gasteiger partial charge is 0.303 e. The largest absolute Gasteiger partial charge is 0.481 e. The van der Waals surface area contributed by atoms with Gasteiger partial charge in [-0.2, -0.15) is 0 Å². The fraction of sp³-hybridized carbons (Fsp3) is 0.867. The number of carboxylic acids is 1. The highest BCUT2D eigenvalue weighted by Gasteiger charge is 2.20. The lowest BCUT2D eigenvalue weighted by Gasteiger charge is -2.25. The van der Waals surface area contributed by atoms with E-state index in [4.69, 9.17) is 9.84 Å². The van der Waals surface area contributed by atoms with Crippen molar-refractivity contribution in [1.29, 1.82) is 0 Å². The van der Waals surface area contributed by atoms with Gasteiger partial charge in [-0.1, -0.05) is 13.8 Å². The second-order valence-corrected chi connectivity index (χ2v) is 6.12. The third-order valence-corrected chi connectivity index (χ3v) is 3.49. The van der Waals surface area contributed by atoms with Gasteiger partial charge in [-0.05, 0) is 38.1 Å². The molecule has 0 aromatic carbocycles. The zero-order valence-electron chi connectivity index (χ0n) is 13.7. The van der Waals surface area contributed by atoms with Gasteiger partial charge in [0, 0.05) is 26.7 Å². The molecule has 6 heteroatoms. The van der Waals surface area contributed by atoms with E-state index < -0.39 is 5.97 Å². The highest BCUT2D eigenvalue weighted by Crippen LogP contribution is 2.25. The standard InChI is InChI=1S/C15H30N2O4/c1-12(14(20)17-9-5-11-21-4)16-10-8-15(2,3)7-6-13(18)19/h12,16H,5-11H2,1-4H3,(H,17,20)(H,18,19). The highest BCUT2D eigenvalue weighted by atomic mass is 16.5. The van der Waals surface area contributed by atoms with Gasteiger partial charge < -0.3 is 20.5 Å². The van der Waals surface area contributed by atoms with E-state index in [1.807, 2.05) is 20.8 Å². The maximum Gasteiger partial charge on any atom is 0.303 e. The Kier molecular flexibility index (Phi) is 9.99. The lowest BCUT2D eigenvalue weighted by molar-refractivity contribution is -0.137. The summed E-state index contributed by atoms with van der Waals surface area (Å²) < 4.78 is 4.92. The highest BCUT2D eigenvalue weighted by molar-refractivity contribution is 5.81. The van der Waals surface area contributed by atoms with E-state index in [1.54, 1.807) is 7.11 Å². The topological polar surface area (TPSA) is 87.7 Å². The average Bonchev–Trinajstić information content (AvgIpc) is 2.41. The third kappa shape index (κ3) is 11.2. The van der Waals surface area contributed by atoms with Gasteiger partial charge in [-0.15, -0.1) is 0 Å². The molecule has 0 aliphatic carbocycles. The van der Waals surface area contributed by atoms with Crippen LogP contribution < -0.4 is 10.6 Å². The van der Waals surface area contributed by atoms with Crippen LogP contribution in [0.1, 0.15) is 46.5 Å². The van der Waals surface area contributed by atoms with Crippen molar-refractivity contribution < 1.29 is 19.4 Å². The van der Waals surface area contributed by atoms with E-state index in [9.17, 15) is 9.59 Å². The summed E-state index contributed by atoms with van der Waals surface area (Å²) in [5, 5.41) is 14.7. The van der Waals surface area contributed by atoms with Crippen molar-refractivity contribution in [1.82, 2.24) is 10.6 Å². The molecular weight excluding hydrogens is 272 g/mol. The average molecular weight is 302 g/mol. The number of carbonyl (C=O) groups excluding carboxylic acids is 1. The normalized spacial score (nSPS) is 13.0. The SMILES string of the molecule is COCCCNC(=O)C(C)NCCC(C)(C)CCC(=O)O. The molecule has 0 aliphatic heterocycles. The Morgan fingerprint density at radius 2 is 1.90 bits per heavy atom. The van der Waals surface area contributed by atoms with Crippen LogP contribution in [0.15, 0.2) is 0 Å². The molecule has 0 radical (unpaired) electrons. The van der Waals surface area contributed by atoms with Crippen molar-refractivity contribution in [3.05, 3.63) is 0 Å². The van der Waals surface area contributed by atoms with Crippen LogP contribution in [0.4, 0.5) is 0 Å². The van der Waals surface area contributed by atoms with Gasteiger partial charge in [0.05, 0.1) is 6.04 Å². The van der Waals surface area contributed by atoms with Crippen molar-refractivity contribution in [3.8, 4) is 0 Å². The molecule has 1 unspecified atom stereocenters. The number of hydrogen-bond donors (Lipinski definition) is 3. The van der Waals surface area contributed by atoms with Gasteiger partial charge in [0.2, 0.25) is 5.91 Å². The fourth-order valence-corrected chi connectivity index (χ4v) is 1.87. The van der Waals surface area contributed by atoms with Crippen molar-refractivity contribution >= 4 is 11.9 Å². The summed E-state index contributed by atoms with van der Waals surface area (Å²) in [6.07, 6.45) is 2.46. The van der Waals surface area contributed by atoms with Crippen LogP contribution in [0.25, 0.3) is 0 Å². The number of methoxy groups -OCH3 is 1. The van der Waals surface area contributed by atoms with E-state index in [2.05, 4.69) is 10.6 Å². The zero-order chi connectivity index (χ0) is 16.3. The van der Waals surface area contributed by atoms with E-state index in [-0.39, 0.29) is 23.8 Å². The van der Waals surface area contributed by atoms with Gasteiger partial charge in [0.15, 0.2) is 0 Å². The molecule has 0 rings (SSSR count). The summed E-state index contributed by atoms with van der Waals surface area (Å²) in [5.41, 5.74) is -0.0416. The molecule has 0 aromatic heterocycles. The minimum Gasteiger partial charge on any atom is -0.481 e. The molecule has 0 saturated carbocycles. The number of amides is 1. The maximum atomic E-state index is 11.8. The first-order chi connectivity index (χ1) is 9.78. The lowest BCUT2D eigenvalue weighted by Crippen LogP contribution is -2.43. The first-order valence-electron chi connectivity index (χ1n) is 7.50. The summed E-state index contributed by atoms with van der Waals surface area (Å²) >= 11 is 0. The molecule has 1 amide bonds. The van der Waals surface area contributed by atoms with Crippen LogP contribution in [0.3, 0.4) is 0 Å². The summed E-state index contributed by atoms with van der Waals surface area (Å²) in [6, 6.07) is -0.247. The molecule has 1 atom stereocenters. The summed E-state index contributed by atoms with van der Waals surface area (Å²) in [5.74, 6) is -0.783. The molecule has 6 nitrogen and oxygen atoms in total. The number of rotatable bonds is 12. The number of aliphatic carboxylic acids is 1. The van der Waals surface area contributed by atoms with Crippen LogP contribution in [0, 0.1) is 5.41 Å². The van der Waals surface area contributed by atoms with Gasteiger partial charge >= 0.3 is 5.97 Å². The molecule has 0 spiro atoms. The Labute approximate surface area is 127 Å². The predicted molar refractivity (Wildman–Crippen MR) is 82.2 cm³/mol. The van der Waals surface area contributed by atoms with Gasteiger partial charge in [-0.3, -0.25) is 9.59 Å². The summed E-state index contributed by atoms with van der Waals surface area (Å²) in [4.78, 5) is 22.4. The van der Waals surface area contributed by atoms with Crippen LogP contribution in [-0.2, 0) is 14.3 Å². The lowest BCUT2D eigenvalue weighted by atomic mass is 9.84. The zero-order valence-corrected chi connectivity index (χ0v) is 13.7. The molecule has 21 heavy (non-hydrogen) atoms. The second kappa shape index (κ2) is 10.6. The molecular formula is C15H30N2O4. The van der Waals surface area contributed by atoms with Crippen molar-refractivity contribution in [2.75, 3.05) is 26.8 Å². The monoisotopic (exact) mass is 302 g/mol. The van der Waals surface area contributed by atoms with E-state index >= 15 is 0 Å². The van der Waals surface area contributed by atoms with Crippen LogP contribution in [-0.4, -0.2) is 49.8 Å². The first kappa shape index (κ1) is 19.9. The van der Waals surface area contributed by atoms with Crippen molar-refractivity contribution in [3.63, 3.8) is 0 Å². The third-order valence-electron chi connectivity index (χ3n) is 3.49. The Morgan fingerprint density at radius 3 is 2.48 bits per heavy atom. The molecule has 124 valence electrons. The number of ether oxygens (including phenoxy) is 1. The summed E-state index contributed by atoms with van der Waals surface area (Å²) in [7, 11) is 1.64. The Balaban J connectivity index is 3.83. The van der Waals surface area contributed by atoms with E-state index in [0.29, 0.717) is 26.1 Å². The molecule has 3 N–H and O–H groups in total. The predicted octanol–water partition coefficient (Wildman–Crippen LogP) is 1.40. The Bertz CT molecular complexity index is 319. The van der Waals surface area contributed by atoms with Crippen LogP contribution >= 0.6 is 0 Å². The number of carboxylic acid groups (broad SMARTS) is 1. The molecule has 0 aromatic rings. The van der Waals surface area contributed by atoms with Gasteiger partial charge in [0.1, 0.15) is 0 Å². The maximum absolute atomic E-state index is 11.8. The Morgan fingerprint density at radius 1 is 1.24 bits per heavy atom. The van der Waals surface area contributed by atoms with Crippen molar-refractivity contribution in [2.24, 2.45) is 5.41 Å². The Hall–Kier alpha value is -1.14. The van der Waals surface area contributed by atoms with Crippen molar-refractivity contribution in [2.45, 2.75) is 52.5 Å². The first-order valence-corrected chi connectivity index (χ1v) is 7.50. The number of carbonyl (C=O) groups is 2. The van der Waals surface area contributed by atoms with Gasteiger partial charge in [-0.25, -0.2) is 0 Å². The minimum atomic E-state index is -0.764. The molecule has 0 bridgehead atoms. The second-order valence-electron chi connectivity index (χ2n) is 6.12. The van der Waals surface area contributed by atoms with Gasteiger partial charge in [0.25, 0.3) is 0 Å². The van der Waals surface area contributed by atoms with E-state index in [1.165, 1.54) is 0 Å². The quantitative estimate of drug-likeness (QED) is 0.474. The van der Waals surface area contributed by atoms with Crippen LogP contribution in [0.5, 0.6) is 0 Å². The molecule has 0 heterocycles. The molecule has 0 aliphatic rings. The van der Waals surface area contributed by atoms with E-state index in [0.717, 1.165) is 12.8 Å². The fourth-order valence-electron chi connectivity index (χ4n) is 1.87.